The van der Waals surface area contributed by atoms with E-state index in [4.69, 9.17) is 0 Å². The molecule has 2 heterocycles. The fourth-order valence-corrected chi connectivity index (χ4v) is 3.49. The Kier molecular flexibility index (Phi) is 4.71. The lowest BCUT2D eigenvalue weighted by molar-refractivity contribution is -0.116. The SMILES string of the molecule is Cc1cc(C)c(-c2csc(NC(=O)CCn3cncn3)n2)c(C)c1. The quantitative estimate of drug-likeness (QED) is 0.772. The molecule has 124 valence electrons. The standard InChI is InChI=1S/C17H19N5OS/c1-11-6-12(2)16(13(3)7-11)14-8-24-17(20-14)21-15(23)4-5-22-10-18-9-19-22/h6-10H,4-5H2,1-3H3,(H,20,21,23). The van der Waals surface area contributed by atoms with Crippen LogP contribution in [0.5, 0.6) is 0 Å². The van der Waals surface area contributed by atoms with E-state index in [1.807, 2.05) is 5.38 Å². The van der Waals surface area contributed by atoms with Crippen molar-refractivity contribution in [1.82, 2.24) is 19.7 Å². The van der Waals surface area contributed by atoms with Crippen molar-refractivity contribution in [3.8, 4) is 11.3 Å². The Balaban J connectivity index is 1.68. The normalized spacial score (nSPS) is 10.8. The molecule has 3 aromatic rings. The number of rotatable bonds is 5. The zero-order valence-corrected chi connectivity index (χ0v) is 14.7. The van der Waals surface area contributed by atoms with Crippen LogP contribution in [0.1, 0.15) is 23.1 Å². The van der Waals surface area contributed by atoms with Gasteiger partial charge in [-0.1, -0.05) is 17.7 Å². The molecule has 0 aliphatic carbocycles. The molecule has 0 unspecified atom stereocenters. The number of aromatic nitrogens is 4. The summed E-state index contributed by atoms with van der Waals surface area (Å²) in [5.74, 6) is -0.0799. The van der Waals surface area contributed by atoms with Crippen LogP contribution >= 0.6 is 11.3 Å². The van der Waals surface area contributed by atoms with Crippen molar-refractivity contribution in [2.45, 2.75) is 33.7 Å². The van der Waals surface area contributed by atoms with Crippen LogP contribution in [0.3, 0.4) is 0 Å². The minimum absolute atomic E-state index is 0.0799. The van der Waals surface area contributed by atoms with E-state index < -0.39 is 0 Å². The van der Waals surface area contributed by atoms with Gasteiger partial charge < -0.3 is 5.32 Å². The molecule has 0 radical (unpaired) electrons. The van der Waals surface area contributed by atoms with Gasteiger partial charge in [0.05, 0.1) is 12.2 Å². The number of nitrogens with one attached hydrogen (secondary N) is 1. The van der Waals surface area contributed by atoms with Crippen LogP contribution in [0.2, 0.25) is 0 Å². The van der Waals surface area contributed by atoms with E-state index in [-0.39, 0.29) is 5.91 Å². The predicted molar refractivity (Wildman–Crippen MR) is 95.0 cm³/mol. The molecular weight excluding hydrogens is 322 g/mol. The topological polar surface area (TPSA) is 72.7 Å². The van der Waals surface area contributed by atoms with Crippen LogP contribution in [-0.4, -0.2) is 25.7 Å². The highest BCUT2D eigenvalue weighted by atomic mass is 32.1. The number of anilines is 1. The Labute approximate surface area is 144 Å². The number of carbonyl (C=O) groups is 1. The predicted octanol–water partition coefficient (Wildman–Crippen LogP) is 3.36. The third kappa shape index (κ3) is 3.68. The smallest absolute Gasteiger partial charge is 0.228 e. The third-order valence-corrected chi connectivity index (χ3v) is 4.48. The molecule has 0 saturated heterocycles. The lowest BCUT2D eigenvalue weighted by Gasteiger charge is -2.08. The largest absolute Gasteiger partial charge is 0.302 e. The van der Waals surface area contributed by atoms with Crippen LogP contribution in [-0.2, 0) is 11.3 Å². The van der Waals surface area contributed by atoms with Crippen molar-refractivity contribution >= 4 is 22.4 Å². The summed E-state index contributed by atoms with van der Waals surface area (Å²) in [6.07, 6.45) is 3.38. The second kappa shape index (κ2) is 6.92. The van der Waals surface area contributed by atoms with Crippen LogP contribution in [0.25, 0.3) is 11.3 Å². The molecule has 0 saturated carbocycles. The number of aryl methyl sites for hydroxylation is 4. The van der Waals surface area contributed by atoms with Crippen LogP contribution < -0.4 is 5.32 Å². The summed E-state index contributed by atoms with van der Waals surface area (Å²) in [5.41, 5.74) is 5.68. The maximum atomic E-state index is 12.0. The van der Waals surface area contributed by atoms with Crippen LogP contribution in [0.15, 0.2) is 30.2 Å². The van der Waals surface area contributed by atoms with E-state index in [1.165, 1.54) is 34.4 Å². The fraction of sp³-hybridized carbons (Fsp3) is 0.294. The van der Waals surface area contributed by atoms with Crippen molar-refractivity contribution in [3.63, 3.8) is 0 Å². The number of hydrogen-bond acceptors (Lipinski definition) is 5. The highest BCUT2D eigenvalue weighted by Gasteiger charge is 2.12. The van der Waals surface area contributed by atoms with Gasteiger partial charge in [0.1, 0.15) is 12.7 Å². The minimum atomic E-state index is -0.0799. The van der Waals surface area contributed by atoms with E-state index in [1.54, 1.807) is 11.0 Å². The molecule has 1 amide bonds. The molecule has 3 rings (SSSR count). The average molecular weight is 341 g/mol. The van der Waals surface area contributed by atoms with Gasteiger partial charge in [-0.25, -0.2) is 9.97 Å². The molecule has 7 heteroatoms. The summed E-state index contributed by atoms with van der Waals surface area (Å²) >= 11 is 1.44. The molecule has 0 fully saturated rings. The number of nitrogens with zero attached hydrogens (tertiary/aromatic N) is 4. The maximum Gasteiger partial charge on any atom is 0.228 e. The summed E-state index contributed by atoms with van der Waals surface area (Å²) in [7, 11) is 0. The van der Waals surface area contributed by atoms with E-state index in [0.29, 0.717) is 18.1 Å². The zero-order chi connectivity index (χ0) is 17.1. The number of benzene rings is 1. The van der Waals surface area contributed by atoms with E-state index in [2.05, 4.69) is 53.3 Å². The van der Waals surface area contributed by atoms with Gasteiger partial charge in [0, 0.05) is 17.4 Å². The first-order valence-corrected chi connectivity index (χ1v) is 8.57. The lowest BCUT2D eigenvalue weighted by Crippen LogP contribution is -2.14. The first-order chi connectivity index (χ1) is 11.5. The van der Waals surface area contributed by atoms with Crippen molar-refractivity contribution in [2.75, 3.05) is 5.32 Å². The fourth-order valence-electron chi connectivity index (χ4n) is 2.78. The summed E-state index contributed by atoms with van der Waals surface area (Å²) < 4.78 is 1.63. The van der Waals surface area contributed by atoms with Crippen molar-refractivity contribution in [2.24, 2.45) is 0 Å². The summed E-state index contributed by atoms with van der Waals surface area (Å²) in [4.78, 5) is 20.4. The molecule has 0 bridgehead atoms. The number of thiazole rings is 1. The molecule has 0 aliphatic rings. The van der Waals surface area contributed by atoms with Crippen molar-refractivity contribution < 1.29 is 4.79 Å². The zero-order valence-electron chi connectivity index (χ0n) is 13.9. The van der Waals surface area contributed by atoms with Gasteiger partial charge in [0.2, 0.25) is 5.91 Å². The van der Waals surface area contributed by atoms with Gasteiger partial charge in [-0.3, -0.25) is 9.48 Å². The van der Waals surface area contributed by atoms with Gasteiger partial charge in [-0.15, -0.1) is 11.3 Å². The summed E-state index contributed by atoms with van der Waals surface area (Å²) in [6.45, 7) is 6.77. The second-order valence-corrected chi connectivity index (χ2v) is 6.63. The minimum Gasteiger partial charge on any atom is -0.302 e. The maximum absolute atomic E-state index is 12.0. The molecule has 0 aliphatic heterocycles. The Hall–Kier alpha value is -2.54. The second-order valence-electron chi connectivity index (χ2n) is 5.77. The number of amides is 1. The third-order valence-electron chi connectivity index (χ3n) is 3.72. The van der Waals surface area contributed by atoms with Crippen molar-refractivity contribution in [3.05, 3.63) is 46.9 Å². The lowest BCUT2D eigenvalue weighted by atomic mass is 9.98. The Bertz CT molecular complexity index is 831. The molecule has 1 N–H and O–H groups in total. The van der Waals surface area contributed by atoms with Gasteiger partial charge in [0.15, 0.2) is 5.13 Å². The van der Waals surface area contributed by atoms with Crippen LogP contribution in [0.4, 0.5) is 5.13 Å². The van der Waals surface area contributed by atoms with Gasteiger partial charge in [-0.05, 0) is 31.9 Å². The van der Waals surface area contributed by atoms with Gasteiger partial charge in [0.25, 0.3) is 0 Å². The molecule has 6 nitrogen and oxygen atoms in total. The van der Waals surface area contributed by atoms with E-state index in [9.17, 15) is 4.79 Å². The molecular formula is C17H19N5OS. The Morgan fingerprint density at radius 3 is 2.67 bits per heavy atom. The van der Waals surface area contributed by atoms with E-state index in [0.717, 1.165) is 11.3 Å². The van der Waals surface area contributed by atoms with Gasteiger partial charge in [-0.2, -0.15) is 5.10 Å². The molecule has 0 atom stereocenters. The summed E-state index contributed by atoms with van der Waals surface area (Å²) in [6, 6.07) is 4.30. The highest BCUT2D eigenvalue weighted by molar-refractivity contribution is 7.14. The van der Waals surface area contributed by atoms with Gasteiger partial charge >= 0.3 is 0 Å². The first-order valence-electron chi connectivity index (χ1n) is 7.69. The molecule has 24 heavy (non-hydrogen) atoms. The Morgan fingerprint density at radius 1 is 1.25 bits per heavy atom. The molecule has 2 aromatic heterocycles. The van der Waals surface area contributed by atoms with Crippen molar-refractivity contribution in [1.29, 1.82) is 0 Å². The monoisotopic (exact) mass is 341 g/mol. The first kappa shape index (κ1) is 16.3. The van der Waals surface area contributed by atoms with Crippen LogP contribution in [0, 0.1) is 20.8 Å². The Morgan fingerprint density at radius 2 is 2.00 bits per heavy atom. The average Bonchev–Trinajstić information content (AvgIpc) is 3.16. The molecule has 0 spiro atoms. The molecule has 1 aromatic carbocycles. The number of carbonyl (C=O) groups excluding carboxylic acids is 1. The van der Waals surface area contributed by atoms with E-state index >= 15 is 0 Å². The summed E-state index contributed by atoms with van der Waals surface area (Å²) in [5, 5.41) is 9.43. The number of hydrogen-bond donors (Lipinski definition) is 1. The highest BCUT2D eigenvalue weighted by Crippen LogP contribution is 2.31.